The smallest absolute Gasteiger partial charge is 0.121 e. The Hall–Kier alpha value is -1.87. The highest BCUT2D eigenvalue weighted by Crippen LogP contribution is 2.24. The molecule has 0 aromatic heterocycles. The topological polar surface area (TPSA) is 44.5 Å². The van der Waals surface area contributed by atoms with Crippen molar-refractivity contribution in [2.75, 3.05) is 18.9 Å². The number of aryl methyl sites for hydroxylation is 2. The number of nitrogen functional groups attached to an aromatic ring is 1. The first-order chi connectivity index (χ1) is 10.0. The van der Waals surface area contributed by atoms with E-state index < -0.39 is 0 Å². The van der Waals surface area contributed by atoms with Crippen molar-refractivity contribution in [3.8, 4) is 11.5 Å². The van der Waals surface area contributed by atoms with Gasteiger partial charge in [0.05, 0.1) is 23.9 Å². The van der Waals surface area contributed by atoms with Gasteiger partial charge in [0.2, 0.25) is 0 Å². The minimum Gasteiger partial charge on any atom is -0.493 e. The third kappa shape index (κ3) is 4.87. The number of rotatable bonds is 6. The lowest BCUT2D eigenvalue weighted by atomic mass is 10.1. The summed E-state index contributed by atoms with van der Waals surface area (Å²) >= 11 is 5.86. The summed E-state index contributed by atoms with van der Waals surface area (Å²) < 4.78 is 11.3. The van der Waals surface area contributed by atoms with Gasteiger partial charge >= 0.3 is 0 Å². The zero-order valence-electron chi connectivity index (χ0n) is 12.4. The summed E-state index contributed by atoms with van der Waals surface area (Å²) in [4.78, 5) is 0. The summed E-state index contributed by atoms with van der Waals surface area (Å²) in [5.41, 5.74) is 8.66. The van der Waals surface area contributed by atoms with Gasteiger partial charge in [0.25, 0.3) is 0 Å². The van der Waals surface area contributed by atoms with Crippen molar-refractivity contribution in [3.63, 3.8) is 0 Å². The molecule has 0 saturated heterocycles. The number of hydrogen-bond acceptors (Lipinski definition) is 3. The van der Waals surface area contributed by atoms with Gasteiger partial charge in [0, 0.05) is 12.5 Å². The molecular weight excluding hydrogens is 286 g/mol. The molecule has 0 atom stereocenters. The number of halogens is 1. The van der Waals surface area contributed by atoms with Gasteiger partial charge < -0.3 is 15.2 Å². The largest absolute Gasteiger partial charge is 0.493 e. The zero-order valence-corrected chi connectivity index (χ0v) is 13.1. The molecule has 21 heavy (non-hydrogen) atoms. The molecule has 2 aromatic carbocycles. The second-order valence-corrected chi connectivity index (χ2v) is 5.46. The summed E-state index contributed by atoms with van der Waals surface area (Å²) in [5.74, 6) is 1.63. The lowest BCUT2D eigenvalue weighted by molar-refractivity contribution is 0.247. The normalized spacial score (nSPS) is 10.4. The molecule has 2 aromatic rings. The Morgan fingerprint density at radius 1 is 0.905 bits per heavy atom. The average molecular weight is 306 g/mol. The van der Waals surface area contributed by atoms with Crippen LogP contribution in [0.3, 0.4) is 0 Å². The number of nitrogens with two attached hydrogens (primary N) is 1. The standard InChI is InChI=1S/C17H20ClNO2/c1-12-8-13(2)10-15(9-12)21-7-3-6-20-14-4-5-16(18)17(19)11-14/h4-5,8-11H,3,6-7,19H2,1-2H3. The maximum atomic E-state index is 5.86. The second kappa shape index (κ2) is 7.23. The van der Waals surface area contributed by atoms with E-state index in [1.54, 1.807) is 12.1 Å². The molecule has 0 bridgehead atoms. The fourth-order valence-electron chi connectivity index (χ4n) is 2.07. The van der Waals surface area contributed by atoms with Crippen molar-refractivity contribution >= 4 is 17.3 Å². The van der Waals surface area contributed by atoms with Crippen LogP contribution in [0.2, 0.25) is 5.02 Å². The summed E-state index contributed by atoms with van der Waals surface area (Å²) in [6.45, 7) is 5.32. The molecule has 0 heterocycles. The van der Waals surface area contributed by atoms with Gasteiger partial charge in [-0.05, 0) is 49.2 Å². The molecule has 0 unspecified atom stereocenters. The van der Waals surface area contributed by atoms with E-state index >= 15 is 0 Å². The van der Waals surface area contributed by atoms with Crippen LogP contribution in [0.4, 0.5) is 5.69 Å². The number of hydrogen-bond donors (Lipinski definition) is 1. The second-order valence-electron chi connectivity index (χ2n) is 5.06. The highest BCUT2D eigenvalue weighted by Gasteiger charge is 2.00. The molecule has 3 nitrogen and oxygen atoms in total. The molecule has 0 amide bonds. The molecule has 2 rings (SSSR count). The van der Waals surface area contributed by atoms with Crippen LogP contribution in [0, 0.1) is 13.8 Å². The van der Waals surface area contributed by atoms with E-state index in [1.165, 1.54) is 11.1 Å². The minimum atomic E-state index is 0.528. The molecule has 4 heteroatoms. The molecular formula is C17H20ClNO2. The van der Waals surface area contributed by atoms with Gasteiger partial charge in [-0.2, -0.15) is 0 Å². The quantitative estimate of drug-likeness (QED) is 0.636. The van der Waals surface area contributed by atoms with Crippen molar-refractivity contribution in [2.45, 2.75) is 20.3 Å². The Kier molecular flexibility index (Phi) is 5.34. The summed E-state index contributed by atoms with van der Waals surface area (Å²) in [7, 11) is 0. The number of ether oxygens (including phenoxy) is 2. The molecule has 0 radical (unpaired) electrons. The fraction of sp³-hybridized carbons (Fsp3) is 0.294. The van der Waals surface area contributed by atoms with Crippen LogP contribution in [0.15, 0.2) is 36.4 Å². The molecule has 112 valence electrons. The molecule has 0 aliphatic heterocycles. The fourth-order valence-corrected chi connectivity index (χ4v) is 2.18. The Morgan fingerprint density at radius 2 is 1.52 bits per heavy atom. The van der Waals surface area contributed by atoms with Crippen molar-refractivity contribution in [2.24, 2.45) is 0 Å². The predicted molar refractivity (Wildman–Crippen MR) is 87.4 cm³/mol. The van der Waals surface area contributed by atoms with E-state index in [4.69, 9.17) is 26.8 Å². The van der Waals surface area contributed by atoms with Crippen molar-refractivity contribution < 1.29 is 9.47 Å². The third-order valence-corrected chi connectivity index (χ3v) is 3.33. The van der Waals surface area contributed by atoms with Gasteiger partial charge in [-0.3, -0.25) is 0 Å². The molecule has 0 aliphatic carbocycles. The van der Waals surface area contributed by atoms with Crippen LogP contribution in [-0.2, 0) is 0 Å². The molecule has 0 spiro atoms. The van der Waals surface area contributed by atoms with Crippen LogP contribution < -0.4 is 15.2 Å². The molecule has 0 aliphatic rings. The van der Waals surface area contributed by atoms with Crippen LogP contribution in [0.1, 0.15) is 17.5 Å². The Balaban J connectivity index is 1.73. The molecule has 2 N–H and O–H groups in total. The van der Waals surface area contributed by atoms with Crippen LogP contribution >= 0.6 is 11.6 Å². The van der Waals surface area contributed by atoms with E-state index in [9.17, 15) is 0 Å². The van der Waals surface area contributed by atoms with E-state index in [0.717, 1.165) is 17.9 Å². The van der Waals surface area contributed by atoms with E-state index in [1.807, 2.05) is 18.2 Å². The average Bonchev–Trinajstić information content (AvgIpc) is 2.41. The van der Waals surface area contributed by atoms with Gasteiger partial charge in [-0.15, -0.1) is 0 Å². The lowest BCUT2D eigenvalue weighted by Gasteiger charge is -2.10. The maximum absolute atomic E-state index is 5.86. The van der Waals surface area contributed by atoms with Crippen molar-refractivity contribution in [1.29, 1.82) is 0 Å². The van der Waals surface area contributed by atoms with Crippen molar-refractivity contribution in [3.05, 3.63) is 52.5 Å². The monoisotopic (exact) mass is 305 g/mol. The van der Waals surface area contributed by atoms with E-state index in [-0.39, 0.29) is 0 Å². The highest BCUT2D eigenvalue weighted by molar-refractivity contribution is 6.33. The first kappa shape index (κ1) is 15.5. The van der Waals surface area contributed by atoms with E-state index in [2.05, 4.69) is 19.9 Å². The SMILES string of the molecule is Cc1cc(C)cc(OCCCOc2ccc(Cl)c(N)c2)c1. The van der Waals surface area contributed by atoms with Crippen molar-refractivity contribution in [1.82, 2.24) is 0 Å². The summed E-state index contributed by atoms with van der Waals surface area (Å²) in [5, 5.41) is 0.542. The third-order valence-electron chi connectivity index (χ3n) is 2.99. The van der Waals surface area contributed by atoms with Crippen LogP contribution in [0.25, 0.3) is 0 Å². The molecule has 0 fully saturated rings. The highest BCUT2D eigenvalue weighted by atomic mass is 35.5. The Morgan fingerprint density at radius 3 is 2.14 bits per heavy atom. The van der Waals surface area contributed by atoms with E-state index in [0.29, 0.717) is 23.9 Å². The summed E-state index contributed by atoms with van der Waals surface area (Å²) in [6.07, 6.45) is 0.801. The van der Waals surface area contributed by atoms with Gasteiger partial charge in [-0.25, -0.2) is 0 Å². The zero-order chi connectivity index (χ0) is 15.2. The van der Waals surface area contributed by atoms with Gasteiger partial charge in [0.1, 0.15) is 11.5 Å². The van der Waals surface area contributed by atoms with Gasteiger partial charge in [0.15, 0.2) is 0 Å². The predicted octanol–water partition coefficient (Wildman–Crippen LogP) is 4.39. The van der Waals surface area contributed by atoms with Crippen LogP contribution in [0.5, 0.6) is 11.5 Å². The number of anilines is 1. The van der Waals surface area contributed by atoms with Gasteiger partial charge in [-0.1, -0.05) is 17.7 Å². The Bertz CT molecular complexity index is 593. The Labute approximate surface area is 130 Å². The molecule has 0 saturated carbocycles. The first-order valence-electron chi connectivity index (χ1n) is 6.93. The minimum absolute atomic E-state index is 0.528. The summed E-state index contributed by atoms with van der Waals surface area (Å²) in [6, 6.07) is 11.5. The van der Waals surface area contributed by atoms with Crippen LogP contribution in [-0.4, -0.2) is 13.2 Å². The lowest BCUT2D eigenvalue weighted by Crippen LogP contribution is -2.05. The first-order valence-corrected chi connectivity index (χ1v) is 7.31. The number of benzene rings is 2. The maximum Gasteiger partial charge on any atom is 0.121 e.